The zero-order valence-corrected chi connectivity index (χ0v) is 19.7. The number of thiophene rings is 1. The Morgan fingerprint density at radius 1 is 1.12 bits per heavy atom. The highest BCUT2D eigenvalue weighted by Gasteiger charge is 2.35. The third-order valence-electron chi connectivity index (χ3n) is 7.10. The van der Waals surface area contributed by atoms with Gasteiger partial charge in [0, 0.05) is 37.5 Å². The third-order valence-corrected chi connectivity index (χ3v) is 8.28. The molecule has 0 unspecified atom stereocenters. The molecule has 34 heavy (non-hydrogen) atoms. The number of esters is 1. The van der Waals surface area contributed by atoms with Gasteiger partial charge in [0.2, 0.25) is 0 Å². The van der Waals surface area contributed by atoms with E-state index in [0.717, 1.165) is 35.0 Å². The maximum absolute atomic E-state index is 13.0. The average Bonchev–Trinajstić information content (AvgIpc) is 3.23. The van der Waals surface area contributed by atoms with E-state index >= 15 is 0 Å². The Morgan fingerprint density at radius 3 is 2.76 bits per heavy atom. The number of nitrogens with zero attached hydrogens (tertiary/aromatic N) is 3. The van der Waals surface area contributed by atoms with E-state index in [9.17, 15) is 14.4 Å². The molecule has 6 rings (SSSR count). The van der Waals surface area contributed by atoms with Gasteiger partial charge in [-0.15, -0.1) is 11.3 Å². The number of benzene rings is 1. The number of amides is 1. The Kier molecular flexibility index (Phi) is 5.45. The van der Waals surface area contributed by atoms with E-state index in [1.807, 2.05) is 12.1 Å². The smallest absolute Gasteiger partial charge is 0.339 e. The molecule has 3 aromatic rings. The van der Waals surface area contributed by atoms with E-state index < -0.39 is 12.1 Å². The lowest BCUT2D eigenvalue weighted by Gasteiger charge is -2.36. The fraction of sp³-hybridized carbons (Fsp3) is 0.440. The van der Waals surface area contributed by atoms with Gasteiger partial charge >= 0.3 is 5.97 Å². The van der Waals surface area contributed by atoms with Crippen molar-refractivity contribution in [2.75, 3.05) is 26.2 Å². The topological polar surface area (TPSA) is 95.6 Å². The normalized spacial score (nSPS) is 20.6. The molecule has 4 heterocycles. The molecular weight excluding hydrogens is 452 g/mol. The maximum atomic E-state index is 13.0. The second kappa shape index (κ2) is 8.63. The molecule has 0 bridgehead atoms. The summed E-state index contributed by atoms with van der Waals surface area (Å²) in [5.41, 5.74) is 2.56. The largest absolute Gasteiger partial charge is 0.448 e. The lowest BCUT2D eigenvalue weighted by atomic mass is 9.97. The van der Waals surface area contributed by atoms with Gasteiger partial charge in [-0.25, -0.2) is 9.78 Å². The molecule has 1 aliphatic carbocycles. The fourth-order valence-electron chi connectivity index (χ4n) is 5.29. The van der Waals surface area contributed by atoms with Crippen molar-refractivity contribution in [3.63, 3.8) is 0 Å². The van der Waals surface area contributed by atoms with Crippen LogP contribution in [0.25, 0.3) is 10.2 Å². The van der Waals surface area contributed by atoms with Gasteiger partial charge in [-0.1, -0.05) is 18.2 Å². The molecule has 0 radical (unpaired) electrons. The summed E-state index contributed by atoms with van der Waals surface area (Å²) in [6, 6.07) is 7.29. The Morgan fingerprint density at radius 2 is 1.91 bits per heavy atom. The molecule has 8 nitrogen and oxygen atoms in total. The summed E-state index contributed by atoms with van der Waals surface area (Å²) in [5.74, 6) is 0.104. The predicted molar refractivity (Wildman–Crippen MR) is 128 cm³/mol. The SMILES string of the molecule is O=C1O[C@H](C(=O)N2CCN(Cc3nc4sc5c(c4c(=O)[nH]3)CCCC5)CC2)Cc2ccccc21. The van der Waals surface area contributed by atoms with Crippen molar-refractivity contribution in [2.24, 2.45) is 0 Å². The summed E-state index contributed by atoms with van der Waals surface area (Å²) < 4.78 is 5.45. The van der Waals surface area contributed by atoms with E-state index in [1.165, 1.54) is 16.9 Å². The zero-order valence-electron chi connectivity index (χ0n) is 18.8. The Bertz CT molecular complexity index is 1340. The minimum Gasteiger partial charge on any atom is -0.448 e. The third kappa shape index (κ3) is 3.82. The van der Waals surface area contributed by atoms with Crippen LogP contribution in [-0.2, 0) is 35.3 Å². The highest BCUT2D eigenvalue weighted by molar-refractivity contribution is 7.18. The molecule has 0 saturated carbocycles. The Hall–Kier alpha value is -3.04. The highest BCUT2D eigenvalue weighted by Crippen LogP contribution is 2.33. The fourth-order valence-corrected chi connectivity index (χ4v) is 6.58. The van der Waals surface area contributed by atoms with Crippen LogP contribution in [0.2, 0.25) is 0 Å². The summed E-state index contributed by atoms with van der Waals surface area (Å²) in [6.07, 6.45) is 3.98. The van der Waals surface area contributed by atoms with Crippen molar-refractivity contribution in [3.05, 3.63) is 62.0 Å². The number of carbonyl (C=O) groups is 2. The summed E-state index contributed by atoms with van der Waals surface area (Å²) in [4.78, 5) is 52.0. The van der Waals surface area contributed by atoms with Crippen LogP contribution in [-0.4, -0.2) is 63.9 Å². The summed E-state index contributed by atoms with van der Waals surface area (Å²) >= 11 is 1.66. The van der Waals surface area contributed by atoms with Gasteiger partial charge in [0.25, 0.3) is 11.5 Å². The van der Waals surface area contributed by atoms with E-state index in [0.29, 0.717) is 50.5 Å². The first-order chi connectivity index (χ1) is 16.6. The predicted octanol–water partition coefficient (Wildman–Crippen LogP) is 2.29. The first-order valence-electron chi connectivity index (χ1n) is 11.9. The van der Waals surface area contributed by atoms with Gasteiger partial charge in [0.15, 0.2) is 6.10 Å². The molecule has 0 spiro atoms. The average molecular weight is 479 g/mol. The molecule has 1 N–H and O–H groups in total. The second-order valence-corrected chi connectivity index (χ2v) is 10.3. The lowest BCUT2D eigenvalue weighted by Crippen LogP contribution is -2.53. The van der Waals surface area contributed by atoms with Crippen molar-refractivity contribution in [3.8, 4) is 0 Å². The number of fused-ring (bicyclic) bond motifs is 4. The number of rotatable bonds is 3. The Labute approximate surface area is 200 Å². The summed E-state index contributed by atoms with van der Waals surface area (Å²) in [5, 5.41) is 0.780. The number of aryl methyl sites for hydroxylation is 2. The first-order valence-corrected chi connectivity index (χ1v) is 12.7. The molecule has 1 amide bonds. The first kappa shape index (κ1) is 21.5. The number of hydrogen-bond donors (Lipinski definition) is 1. The van der Waals surface area contributed by atoms with Crippen LogP contribution in [0.4, 0.5) is 0 Å². The molecule has 2 aliphatic heterocycles. The molecule has 1 atom stereocenters. The van der Waals surface area contributed by atoms with Crippen molar-refractivity contribution in [1.29, 1.82) is 0 Å². The quantitative estimate of drug-likeness (QED) is 0.581. The number of aromatic nitrogens is 2. The molecule has 3 aliphatic rings. The van der Waals surface area contributed by atoms with E-state index in [2.05, 4.69) is 9.88 Å². The van der Waals surface area contributed by atoms with Gasteiger partial charge in [-0.2, -0.15) is 0 Å². The van der Waals surface area contributed by atoms with Crippen LogP contribution >= 0.6 is 11.3 Å². The number of aromatic amines is 1. The van der Waals surface area contributed by atoms with Crippen molar-refractivity contribution in [2.45, 2.75) is 44.8 Å². The van der Waals surface area contributed by atoms with Crippen molar-refractivity contribution >= 4 is 33.4 Å². The number of H-pyrrole nitrogens is 1. The van der Waals surface area contributed by atoms with Gasteiger partial charge in [0.05, 0.1) is 17.5 Å². The number of ether oxygens (including phenoxy) is 1. The van der Waals surface area contributed by atoms with Crippen LogP contribution in [0.5, 0.6) is 0 Å². The van der Waals surface area contributed by atoms with Gasteiger partial charge in [0.1, 0.15) is 10.7 Å². The molecule has 2 aromatic heterocycles. The number of nitrogens with one attached hydrogen (secondary N) is 1. The number of cyclic esters (lactones) is 1. The maximum Gasteiger partial charge on any atom is 0.339 e. The van der Waals surface area contributed by atoms with Crippen LogP contribution in [0.15, 0.2) is 29.1 Å². The monoisotopic (exact) mass is 478 g/mol. The van der Waals surface area contributed by atoms with E-state index in [4.69, 9.17) is 9.72 Å². The number of piperazine rings is 1. The standard InChI is InChI=1S/C25H26N4O4S/c30-22-21-17-7-3-4-8-19(17)34-23(21)27-20(26-22)14-28-9-11-29(12-10-28)24(31)18-13-15-5-1-2-6-16(15)25(32)33-18/h1-2,5-6,18H,3-4,7-14H2,(H,26,27,30)/t18-/m0/s1. The van der Waals surface area contributed by atoms with E-state index in [-0.39, 0.29) is 11.5 Å². The molecule has 1 aromatic carbocycles. The number of hydrogen-bond acceptors (Lipinski definition) is 7. The van der Waals surface area contributed by atoms with Crippen molar-refractivity contribution < 1.29 is 14.3 Å². The molecule has 1 fully saturated rings. The van der Waals surface area contributed by atoms with Crippen molar-refractivity contribution in [1.82, 2.24) is 19.8 Å². The van der Waals surface area contributed by atoms with Gasteiger partial charge in [-0.3, -0.25) is 14.5 Å². The Balaban J connectivity index is 1.10. The van der Waals surface area contributed by atoms with Gasteiger partial charge in [-0.05, 0) is 42.9 Å². The van der Waals surface area contributed by atoms with Crippen LogP contribution in [0.1, 0.15) is 45.0 Å². The minimum atomic E-state index is -0.765. The highest BCUT2D eigenvalue weighted by atomic mass is 32.1. The van der Waals surface area contributed by atoms with E-state index in [1.54, 1.807) is 28.4 Å². The second-order valence-electron chi connectivity index (χ2n) is 9.26. The molecule has 1 saturated heterocycles. The van der Waals surface area contributed by atoms with Crippen LogP contribution in [0, 0.1) is 0 Å². The lowest BCUT2D eigenvalue weighted by molar-refractivity contribution is -0.143. The van der Waals surface area contributed by atoms with Gasteiger partial charge < -0.3 is 14.6 Å². The summed E-state index contributed by atoms with van der Waals surface area (Å²) in [6.45, 7) is 2.99. The number of carbonyl (C=O) groups excluding carboxylic acids is 2. The minimum absolute atomic E-state index is 0.0346. The molecular formula is C25H26N4O4S. The molecule has 176 valence electrons. The van der Waals surface area contributed by atoms with Crippen LogP contribution in [0.3, 0.4) is 0 Å². The van der Waals surface area contributed by atoms with Crippen LogP contribution < -0.4 is 5.56 Å². The summed E-state index contributed by atoms with van der Waals surface area (Å²) in [7, 11) is 0. The molecule has 9 heteroatoms. The zero-order chi connectivity index (χ0) is 23.2.